The molecule has 2 aliphatic heterocycles. The highest BCUT2D eigenvalue weighted by molar-refractivity contribution is 8.03. The van der Waals surface area contributed by atoms with Crippen LogP contribution in [0.25, 0.3) is 11.3 Å². The molecule has 1 aromatic heterocycles. The van der Waals surface area contributed by atoms with Crippen molar-refractivity contribution in [2.45, 2.75) is 44.9 Å². The first-order chi connectivity index (χ1) is 14.1. The van der Waals surface area contributed by atoms with Gasteiger partial charge >= 0.3 is 0 Å². The average molecular weight is 421 g/mol. The van der Waals surface area contributed by atoms with E-state index >= 15 is 0 Å². The number of fused-ring (bicyclic) bond motifs is 1. The van der Waals surface area contributed by atoms with Crippen LogP contribution in [0.15, 0.2) is 40.2 Å². The van der Waals surface area contributed by atoms with Gasteiger partial charge in [0.15, 0.2) is 0 Å². The molecule has 1 atom stereocenters. The zero-order valence-corrected chi connectivity index (χ0v) is 18.2. The third-order valence-electron chi connectivity index (χ3n) is 6.60. The summed E-state index contributed by atoms with van der Waals surface area (Å²) in [5.41, 5.74) is 4.00. The van der Waals surface area contributed by atoms with Crippen molar-refractivity contribution in [2.75, 3.05) is 12.3 Å². The first-order valence-corrected chi connectivity index (χ1v) is 12.2. The fraction of sp³-hybridized carbons (Fsp3) is 0.435. The Balaban J connectivity index is 1.62. The number of rotatable bonds is 2. The molecule has 3 aliphatic rings. The molecule has 2 fully saturated rings. The summed E-state index contributed by atoms with van der Waals surface area (Å²) in [5, 5.41) is 23.5. The van der Waals surface area contributed by atoms with E-state index in [4.69, 9.17) is 10.4 Å². The average Bonchev–Trinajstić information content (AvgIpc) is 3.40. The molecule has 0 bridgehead atoms. The van der Waals surface area contributed by atoms with Crippen molar-refractivity contribution >= 4 is 28.9 Å². The second kappa shape index (κ2) is 7.30. The first kappa shape index (κ1) is 18.9. The van der Waals surface area contributed by atoms with Gasteiger partial charge in [-0.2, -0.15) is 5.26 Å². The van der Waals surface area contributed by atoms with Crippen molar-refractivity contribution in [3.8, 4) is 17.3 Å². The second-order valence-electron chi connectivity index (χ2n) is 8.26. The Kier molecular flexibility index (Phi) is 4.76. The van der Waals surface area contributed by atoms with Crippen LogP contribution < -0.4 is 0 Å². The topological polar surface area (TPSA) is 63.8 Å². The van der Waals surface area contributed by atoms with E-state index in [1.807, 2.05) is 0 Å². The molecule has 1 spiro atoms. The minimum atomic E-state index is -0.254. The van der Waals surface area contributed by atoms with Gasteiger partial charge in [0.05, 0.1) is 28.3 Å². The van der Waals surface area contributed by atoms with E-state index in [-0.39, 0.29) is 11.3 Å². The fourth-order valence-electron chi connectivity index (χ4n) is 5.14. The van der Waals surface area contributed by atoms with Gasteiger partial charge in [0.1, 0.15) is 10.8 Å². The van der Waals surface area contributed by atoms with Crippen molar-refractivity contribution in [3.05, 3.63) is 50.8 Å². The van der Waals surface area contributed by atoms with Gasteiger partial charge in [-0.1, -0.05) is 49.1 Å². The van der Waals surface area contributed by atoms with Crippen LogP contribution in [0, 0.1) is 29.1 Å². The maximum atomic E-state index is 10.2. The smallest absolute Gasteiger partial charge is 0.112 e. The number of thiazole rings is 1. The van der Waals surface area contributed by atoms with Crippen LogP contribution in [-0.4, -0.2) is 28.0 Å². The zero-order chi connectivity index (χ0) is 20.0. The molecule has 0 radical (unpaired) electrons. The van der Waals surface area contributed by atoms with Gasteiger partial charge in [-0.05, 0) is 19.8 Å². The Labute approximate surface area is 180 Å². The third-order valence-corrected chi connectivity index (χ3v) is 8.60. The van der Waals surface area contributed by atoms with E-state index in [9.17, 15) is 5.26 Å². The number of thioether (sulfide) groups is 1. The van der Waals surface area contributed by atoms with Gasteiger partial charge in [0.2, 0.25) is 0 Å². The van der Waals surface area contributed by atoms with Gasteiger partial charge in [0.25, 0.3) is 0 Å². The summed E-state index contributed by atoms with van der Waals surface area (Å²) >= 11 is 3.41. The highest BCUT2D eigenvalue weighted by atomic mass is 32.2. The number of benzene rings is 1. The molecule has 0 amide bonds. The lowest BCUT2D eigenvalue weighted by atomic mass is 9.60. The quantitative estimate of drug-likeness (QED) is 0.654. The molecule has 4 nitrogen and oxygen atoms in total. The van der Waals surface area contributed by atoms with Gasteiger partial charge < -0.3 is 4.90 Å². The Morgan fingerprint density at radius 1 is 1.21 bits per heavy atom. The van der Waals surface area contributed by atoms with E-state index in [0.29, 0.717) is 5.84 Å². The zero-order valence-electron chi connectivity index (χ0n) is 16.6. The van der Waals surface area contributed by atoms with E-state index in [1.165, 1.54) is 12.0 Å². The second-order valence-corrected chi connectivity index (χ2v) is 10.2. The van der Waals surface area contributed by atoms with Crippen molar-refractivity contribution in [2.24, 2.45) is 5.41 Å². The minimum Gasteiger partial charge on any atom is -0.323 e. The summed E-state index contributed by atoms with van der Waals surface area (Å²) in [4.78, 5) is 7.11. The number of nitrogens with zero attached hydrogens (tertiary/aromatic N) is 3. The number of nitriles is 1. The Morgan fingerprint density at radius 2 is 1.97 bits per heavy atom. The van der Waals surface area contributed by atoms with Crippen LogP contribution in [0.5, 0.6) is 0 Å². The lowest BCUT2D eigenvalue weighted by Gasteiger charge is -2.48. The monoisotopic (exact) mass is 420 g/mol. The predicted molar refractivity (Wildman–Crippen MR) is 120 cm³/mol. The van der Waals surface area contributed by atoms with Crippen LogP contribution in [0.1, 0.15) is 48.6 Å². The molecule has 5 rings (SSSR count). The van der Waals surface area contributed by atoms with E-state index in [0.717, 1.165) is 64.8 Å². The molecular formula is C23H24N4S2. The summed E-state index contributed by atoms with van der Waals surface area (Å²) in [5.74, 6) is 1.50. The Bertz CT molecular complexity index is 1020. The number of hydrogen-bond acceptors (Lipinski definition) is 5. The highest BCUT2D eigenvalue weighted by Crippen LogP contribution is 2.59. The van der Waals surface area contributed by atoms with Crippen molar-refractivity contribution in [1.82, 2.24) is 9.88 Å². The van der Waals surface area contributed by atoms with Crippen LogP contribution in [0.2, 0.25) is 0 Å². The SMILES string of the molecule is Cc1ccc(-c2csc(C3C(=N)N4CCSC4=C(C#N)C34CCCCC4)n2)cc1. The van der Waals surface area contributed by atoms with Gasteiger partial charge in [-0.25, -0.2) is 4.98 Å². The normalized spacial score (nSPS) is 23.4. The van der Waals surface area contributed by atoms with Gasteiger partial charge in [0, 0.05) is 28.7 Å². The molecule has 1 saturated heterocycles. The minimum absolute atomic E-state index is 0.107. The lowest BCUT2D eigenvalue weighted by Crippen LogP contribution is -2.48. The van der Waals surface area contributed by atoms with Crippen LogP contribution in [-0.2, 0) is 0 Å². The number of nitrogens with one attached hydrogen (secondary N) is 1. The maximum Gasteiger partial charge on any atom is 0.112 e. The predicted octanol–water partition coefficient (Wildman–Crippen LogP) is 5.93. The molecular weight excluding hydrogens is 396 g/mol. The summed E-state index contributed by atoms with van der Waals surface area (Å²) in [6.07, 6.45) is 5.45. The molecule has 148 valence electrons. The van der Waals surface area contributed by atoms with E-state index in [1.54, 1.807) is 23.1 Å². The largest absolute Gasteiger partial charge is 0.323 e. The third kappa shape index (κ3) is 2.94. The molecule has 1 aliphatic carbocycles. The van der Waals surface area contributed by atoms with E-state index < -0.39 is 0 Å². The summed E-state index contributed by atoms with van der Waals surface area (Å²) in [6.45, 7) is 2.92. The molecule has 2 aromatic rings. The summed E-state index contributed by atoms with van der Waals surface area (Å²) in [6, 6.07) is 11.1. The Morgan fingerprint density at radius 3 is 2.69 bits per heavy atom. The first-order valence-electron chi connectivity index (χ1n) is 10.3. The number of aryl methyl sites for hydroxylation is 1. The Hall–Kier alpha value is -2.10. The molecule has 1 aromatic carbocycles. The van der Waals surface area contributed by atoms with E-state index in [2.05, 4.69) is 47.5 Å². The number of hydrogen-bond donors (Lipinski definition) is 1. The standard InChI is InChI=1S/C23H24N4S2/c1-15-5-7-16(8-6-15)18-14-29-21(26-18)19-20(25)27-11-12-28-22(27)17(13-24)23(19)9-3-2-4-10-23/h5-8,14,19,25H,2-4,9-12H2,1H3. The van der Waals surface area contributed by atoms with Crippen LogP contribution in [0.4, 0.5) is 0 Å². The van der Waals surface area contributed by atoms with Crippen molar-refractivity contribution < 1.29 is 0 Å². The number of aromatic nitrogens is 1. The summed E-state index contributed by atoms with van der Waals surface area (Å²) < 4.78 is 0. The molecule has 1 unspecified atom stereocenters. The van der Waals surface area contributed by atoms with Crippen LogP contribution in [0.3, 0.4) is 0 Å². The molecule has 6 heteroatoms. The summed E-state index contributed by atoms with van der Waals surface area (Å²) in [7, 11) is 0. The van der Waals surface area contributed by atoms with Gasteiger partial charge in [-0.15, -0.1) is 23.1 Å². The molecule has 1 saturated carbocycles. The van der Waals surface area contributed by atoms with Crippen molar-refractivity contribution in [3.63, 3.8) is 0 Å². The molecule has 1 N–H and O–H groups in total. The molecule has 3 heterocycles. The van der Waals surface area contributed by atoms with Crippen LogP contribution >= 0.6 is 23.1 Å². The van der Waals surface area contributed by atoms with Gasteiger partial charge in [-0.3, -0.25) is 5.41 Å². The number of amidine groups is 1. The fourth-order valence-corrected chi connectivity index (χ4v) is 7.39. The van der Waals surface area contributed by atoms with Crippen molar-refractivity contribution in [1.29, 1.82) is 10.7 Å². The number of allylic oxidation sites excluding steroid dienone is 1. The lowest BCUT2D eigenvalue weighted by molar-refractivity contribution is 0.208. The highest BCUT2D eigenvalue weighted by Gasteiger charge is 2.54. The molecule has 29 heavy (non-hydrogen) atoms. The maximum absolute atomic E-state index is 10.2.